The zero-order chi connectivity index (χ0) is 14.7. The lowest BCUT2D eigenvalue weighted by Gasteiger charge is -2.05. The fourth-order valence-electron chi connectivity index (χ4n) is 2.12. The van der Waals surface area contributed by atoms with E-state index < -0.39 is 0 Å². The predicted octanol–water partition coefficient (Wildman–Crippen LogP) is 4.64. The minimum Gasteiger partial charge on any atom is -0.353 e. The predicted molar refractivity (Wildman–Crippen MR) is 87.2 cm³/mol. The molecule has 0 amide bonds. The Labute approximate surface area is 129 Å². The Morgan fingerprint density at radius 1 is 1.10 bits per heavy atom. The summed E-state index contributed by atoms with van der Waals surface area (Å²) in [7, 11) is 0. The van der Waals surface area contributed by atoms with Crippen LogP contribution >= 0.6 is 11.6 Å². The van der Waals surface area contributed by atoms with Gasteiger partial charge in [0.1, 0.15) is 0 Å². The number of benzene rings is 2. The molecule has 0 atom stereocenters. The van der Waals surface area contributed by atoms with Crippen molar-refractivity contribution in [1.82, 2.24) is 9.78 Å². The molecule has 0 radical (unpaired) electrons. The fourth-order valence-corrected chi connectivity index (χ4v) is 2.30. The minimum atomic E-state index is 0.761. The van der Waals surface area contributed by atoms with E-state index in [1.165, 1.54) is 5.56 Å². The second kappa shape index (κ2) is 6.02. The Bertz CT molecular complexity index is 735. The zero-order valence-corrected chi connectivity index (χ0v) is 12.5. The Morgan fingerprint density at radius 3 is 2.67 bits per heavy atom. The van der Waals surface area contributed by atoms with Crippen molar-refractivity contribution in [3.8, 4) is 0 Å². The van der Waals surface area contributed by atoms with E-state index in [0.717, 1.165) is 28.5 Å². The molecule has 0 bridgehead atoms. The van der Waals surface area contributed by atoms with Crippen molar-refractivity contribution in [2.45, 2.75) is 13.5 Å². The molecule has 3 rings (SSSR count). The molecule has 0 unspecified atom stereocenters. The number of halogens is 1. The lowest BCUT2D eigenvalue weighted by atomic mass is 10.2. The van der Waals surface area contributed by atoms with Crippen molar-refractivity contribution in [3.05, 3.63) is 77.1 Å². The average molecular weight is 298 g/mol. The highest BCUT2D eigenvalue weighted by Gasteiger charge is 2.02. The molecule has 0 saturated carbocycles. The van der Waals surface area contributed by atoms with Crippen molar-refractivity contribution in [1.29, 1.82) is 0 Å². The molecule has 106 valence electrons. The molecule has 0 aliphatic heterocycles. The second-order valence-electron chi connectivity index (χ2n) is 5.00. The Kier molecular flexibility index (Phi) is 3.93. The number of hydrogen-bond donors (Lipinski definition) is 1. The minimum absolute atomic E-state index is 0.761. The molecule has 0 fully saturated rings. The Hall–Kier alpha value is -2.26. The summed E-state index contributed by atoms with van der Waals surface area (Å²) in [6.07, 6.45) is 3.80. The summed E-state index contributed by atoms with van der Waals surface area (Å²) in [6.45, 7) is 2.75. The summed E-state index contributed by atoms with van der Waals surface area (Å²) in [5.74, 6) is 0. The molecule has 1 aromatic heterocycles. The van der Waals surface area contributed by atoms with Gasteiger partial charge >= 0.3 is 0 Å². The van der Waals surface area contributed by atoms with Gasteiger partial charge in [-0.1, -0.05) is 48.0 Å². The smallest absolute Gasteiger partial charge is 0.0770 e. The maximum absolute atomic E-state index is 6.13. The van der Waals surface area contributed by atoms with Gasteiger partial charge in [0.15, 0.2) is 0 Å². The van der Waals surface area contributed by atoms with Crippen LogP contribution in [-0.4, -0.2) is 9.78 Å². The normalized spacial score (nSPS) is 10.6. The number of rotatable bonds is 4. The molecule has 3 nitrogen and oxygen atoms in total. The topological polar surface area (TPSA) is 29.9 Å². The summed E-state index contributed by atoms with van der Waals surface area (Å²) in [5.41, 5.74) is 4.21. The van der Waals surface area contributed by atoms with E-state index in [2.05, 4.69) is 22.5 Å². The van der Waals surface area contributed by atoms with Crippen LogP contribution in [0.25, 0.3) is 0 Å². The van der Waals surface area contributed by atoms with Gasteiger partial charge in [-0.05, 0) is 30.2 Å². The monoisotopic (exact) mass is 297 g/mol. The molecule has 0 saturated heterocycles. The fraction of sp³-hybridized carbons (Fsp3) is 0.118. The van der Waals surface area contributed by atoms with E-state index in [1.54, 1.807) is 0 Å². The van der Waals surface area contributed by atoms with Crippen LogP contribution in [-0.2, 0) is 6.54 Å². The van der Waals surface area contributed by atoms with E-state index in [1.807, 2.05) is 60.4 Å². The van der Waals surface area contributed by atoms with Crippen LogP contribution in [0.3, 0.4) is 0 Å². The first-order chi connectivity index (χ1) is 10.2. The molecule has 0 spiro atoms. The van der Waals surface area contributed by atoms with E-state index in [4.69, 9.17) is 11.6 Å². The summed E-state index contributed by atoms with van der Waals surface area (Å²) < 4.78 is 1.91. The van der Waals surface area contributed by atoms with E-state index >= 15 is 0 Å². The van der Waals surface area contributed by atoms with Crippen molar-refractivity contribution in [3.63, 3.8) is 0 Å². The SMILES string of the molecule is Cc1ccc(Nc2cnn(Cc3ccccc3)c2)cc1Cl. The quantitative estimate of drug-likeness (QED) is 0.760. The number of nitrogens with zero attached hydrogens (tertiary/aromatic N) is 2. The number of aromatic nitrogens is 2. The molecule has 21 heavy (non-hydrogen) atoms. The van der Waals surface area contributed by atoms with E-state index in [-0.39, 0.29) is 0 Å². The highest BCUT2D eigenvalue weighted by Crippen LogP contribution is 2.23. The summed E-state index contributed by atoms with van der Waals surface area (Å²) in [5, 5.41) is 8.44. The zero-order valence-electron chi connectivity index (χ0n) is 11.8. The van der Waals surface area contributed by atoms with Gasteiger partial charge in [0, 0.05) is 16.9 Å². The van der Waals surface area contributed by atoms with Gasteiger partial charge in [-0.3, -0.25) is 4.68 Å². The molecule has 4 heteroatoms. The Balaban J connectivity index is 1.71. The summed E-state index contributed by atoms with van der Waals surface area (Å²) in [4.78, 5) is 0. The molecule has 3 aromatic rings. The molecular weight excluding hydrogens is 282 g/mol. The second-order valence-corrected chi connectivity index (χ2v) is 5.41. The standard InChI is InChI=1S/C17H16ClN3/c1-13-7-8-15(9-17(13)18)20-16-10-19-21(12-16)11-14-5-3-2-4-6-14/h2-10,12,20H,11H2,1H3. The van der Waals surface area contributed by atoms with Crippen LogP contribution < -0.4 is 5.32 Å². The van der Waals surface area contributed by atoms with Gasteiger partial charge < -0.3 is 5.32 Å². The van der Waals surface area contributed by atoms with Crippen LogP contribution in [0.1, 0.15) is 11.1 Å². The maximum Gasteiger partial charge on any atom is 0.0770 e. The summed E-state index contributed by atoms with van der Waals surface area (Å²) in [6, 6.07) is 16.2. The van der Waals surface area contributed by atoms with Gasteiger partial charge in [0.05, 0.1) is 18.4 Å². The van der Waals surface area contributed by atoms with Crippen LogP contribution in [0.5, 0.6) is 0 Å². The molecule has 0 aliphatic carbocycles. The number of nitrogens with one attached hydrogen (secondary N) is 1. The number of hydrogen-bond acceptors (Lipinski definition) is 2. The first kappa shape index (κ1) is 13.7. The van der Waals surface area contributed by atoms with Gasteiger partial charge in [-0.15, -0.1) is 0 Å². The lowest BCUT2D eigenvalue weighted by molar-refractivity contribution is 0.687. The third kappa shape index (κ3) is 3.44. The van der Waals surface area contributed by atoms with Crippen LogP contribution in [0.15, 0.2) is 60.9 Å². The Morgan fingerprint density at radius 2 is 1.90 bits per heavy atom. The van der Waals surface area contributed by atoms with Gasteiger partial charge in [0.25, 0.3) is 0 Å². The van der Waals surface area contributed by atoms with E-state index in [0.29, 0.717) is 0 Å². The van der Waals surface area contributed by atoms with Gasteiger partial charge in [-0.25, -0.2) is 0 Å². The van der Waals surface area contributed by atoms with Crippen LogP contribution in [0.4, 0.5) is 11.4 Å². The van der Waals surface area contributed by atoms with Gasteiger partial charge in [0.2, 0.25) is 0 Å². The molecule has 0 aliphatic rings. The van der Waals surface area contributed by atoms with Crippen molar-refractivity contribution in [2.24, 2.45) is 0 Å². The first-order valence-electron chi connectivity index (χ1n) is 6.80. The third-order valence-corrected chi connectivity index (χ3v) is 3.69. The first-order valence-corrected chi connectivity index (χ1v) is 7.18. The molecule has 1 N–H and O–H groups in total. The van der Waals surface area contributed by atoms with Crippen molar-refractivity contribution in [2.75, 3.05) is 5.32 Å². The maximum atomic E-state index is 6.13. The largest absolute Gasteiger partial charge is 0.353 e. The van der Waals surface area contributed by atoms with Crippen LogP contribution in [0.2, 0.25) is 5.02 Å². The number of aryl methyl sites for hydroxylation is 1. The average Bonchev–Trinajstić information content (AvgIpc) is 2.91. The molecule has 1 heterocycles. The highest BCUT2D eigenvalue weighted by molar-refractivity contribution is 6.31. The van der Waals surface area contributed by atoms with Crippen molar-refractivity contribution >= 4 is 23.0 Å². The molecular formula is C17H16ClN3. The lowest BCUT2D eigenvalue weighted by Crippen LogP contribution is -1.99. The van der Waals surface area contributed by atoms with Crippen LogP contribution in [0, 0.1) is 6.92 Å². The highest BCUT2D eigenvalue weighted by atomic mass is 35.5. The van der Waals surface area contributed by atoms with Crippen molar-refractivity contribution < 1.29 is 0 Å². The van der Waals surface area contributed by atoms with E-state index in [9.17, 15) is 0 Å². The summed E-state index contributed by atoms with van der Waals surface area (Å²) >= 11 is 6.13. The van der Waals surface area contributed by atoms with Gasteiger partial charge in [-0.2, -0.15) is 5.10 Å². The third-order valence-electron chi connectivity index (χ3n) is 3.28. The molecule has 2 aromatic carbocycles. The number of anilines is 2.